The topological polar surface area (TPSA) is 105 Å². The second-order valence-electron chi connectivity index (χ2n) is 9.03. The van der Waals surface area contributed by atoms with Crippen molar-refractivity contribution in [2.45, 2.75) is 38.3 Å². The summed E-state index contributed by atoms with van der Waals surface area (Å²) >= 11 is 0. The van der Waals surface area contributed by atoms with E-state index in [1.807, 2.05) is 48.5 Å². The fourth-order valence-corrected chi connectivity index (χ4v) is 3.92. The molecule has 2 amide bonds. The third-order valence-electron chi connectivity index (χ3n) is 5.34. The molecule has 1 aliphatic rings. The molecule has 34 heavy (non-hydrogen) atoms. The second-order valence-corrected chi connectivity index (χ2v) is 9.03. The standard InChI is InChI=1S/C26H30N2O6/c1-5-14-28(15-22(23(29)30)27-24(31)34-26(2,3)4)25(32)33-16-21-19-12-8-6-10-17(19)18-11-7-9-13-20(18)21/h5-13,21-22H,1,14-16H2,2-4H3,(H,27,31)(H,29,30)/t22-/m0/s1. The van der Waals surface area contributed by atoms with Crippen LogP contribution in [0.5, 0.6) is 0 Å². The minimum atomic E-state index is -1.38. The molecular formula is C26H30N2O6. The molecule has 0 heterocycles. The molecule has 0 spiro atoms. The number of nitrogens with zero attached hydrogens (tertiary/aromatic N) is 1. The highest BCUT2D eigenvalue weighted by Crippen LogP contribution is 2.44. The van der Waals surface area contributed by atoms with E-state index in [-0.39, 0.29) is 25.6 Å². The lowest BCUT2D eigenvalue weighted by Gasteiger charge is -2.26. The average Bonchev–Trinajstić information content (AvgIpc) is 3.09. The van der Waals surface area contributed by atoms with Crippen molar-refractivity contribution in [3.63, 3.8) is 0 Å². The number of ether oxygens (including phenoxy) is 2. The van der Waals surface area contributed by atoms with Gasteiger partial charge in [-0.05, 0) is 43.0 Å². The number of aliphatic carboxylic acids is 1. The molecule has 2 aromatic carbocycles. The lowest BCUT2D eigenvalue weighted by atomic mass is 9.98. The Hall–Kier alpha value is -3.81. The smallest absolute Gasteiger partial charge is 0.410 e. The van der Waals surface area contributed by atoms with Crippen LogP contribution in [0.3, 0.4) is 0 Å². The molecule has 1 aliphatic carbocycles. The Morgan fingerprint density at radius 2 is 1.65 bits per heavy atom. The van der Waals surface area contributed by atoms with Gasteiger partial charge in [-0.3, -0.25) is 0 Å². The summed E-state index contributed by atoms with van der Waals surface area (Å²) in [7, 11) is 0. The maximum absolute atomic E-state index is 12.9. The van der Waals surface area contributed by atoms with E-state index in [0.29, 0.717) is 0 Å². The Morgan fingerprint density at radius 3 is 2.15 bits per heavy atom. The van der Waals surface area contributed by atoms with Gasteiger partial charge in [0.1, 0.15) is 18.2 Å². The van der Waals surface area contributed by atoms with Crippen LogP contribution >= 0.6 is 0 Å². The number of nitrogens with one attached hydrogen (secondary N) is 1. The van der Waals surface area contributed by atoms with E-state index >= 15 is 0 Å². The van der Waals surface area contributed by atoms with Crippen LogP contribution in [0.4, 0.5) is 9.59 Å². The highest BCUT2D eigenvalue weighted by molar-refractivity contribution is 5.81. The van der Waals surface area contributed by atoms with Crippen LogP contribution in [0.15, 0.2) is 61.2 Å². The molecule has 0 aliphatic heterocycles. The SMILES string of the molecule is C=CCN(C[C@H](NC(=O)OC(C)(C)C)C(=O)O)C(=O)OCC1c2ccccc2-c2ccccc21. The average molecular weight is 467 g/mol. The van der Waals surface area contributed by atoms with Gasteiger partial charge in [0, 0.05) is 12.5 Å². The van der Waals surface area contributed by atoms with Gasteiger partial charge in [-0.15, -0.1) is 6.58 Å². The van der Waals surface area contributed by atoms with Gasteiger partial charge in [0.15, 0.2) is 0 Å². The summed E-state index contributed by atoms with van der Waals surface area (Å²) in [5, 5.41) is 11.9. The van der Waals surface area contributed by atoms with Gasteiger partial charge in [-0.2, -0.15) is 0 Å². The highest BCUT2D eigenvalue weighted by atomic mass is 16.6. The molecule has 0 bridgehead atoms. The summed E-state index contributed by atoms with van der Waals surface area (Å²) in [4.78, 5) is 37.9. The van der Waals surface area contributed by atoms with Crippen molar-refractivity contribution in [2.24, 2.45) is 0 Å². The molecule has 0 saturated carbocycles. The van der Waals surface area contributed by atoms with Gasteiger partial charge in [-0.25, -0.2) is 14.4 Å². The zero-order chi connectivity index (χ0) is 24.9. The summed E-state index contributed by atoms with van der Waals surface area (Å²) in [6.07, 6.45) is -0.113. The van der Waals surface area contributed by atoms with Crippen molar-refractivity contribution < 1.29 is 29.0 Å². The van der Waals surface area contributed by atoms with Crippen LogP contribution in [0.25, 0.3) is 11.1 Å². The van der Waals surface area contributed by atoms with E-state index in [2.05, 4.69) is 11.9 Å². The molecule has 8 nitrogen and oxygen atoms in total. The predicted molar refractivity (Wildman–Crippen MR) is 128 cm³/mol. The maximum Gasteiger partial charge on any atom is 0.410 e. The molecule has 2 aromatic rings. The molecule has 0 saturated heterocycles. The zero-order valence-electron chi connectivity index (χ0n) is 19.6. The van der Waals surface area contributed by atoms with E-state index < -0.39 is 29.8 Å². The quantitative estimate of drug-likeness (QED) is 0.559. The first-order valence-corrected chi connectivity index (χ1v) is 11.0. The Kier molecular flexibility index (Phi) is 7.61. The zero-order valence-corrected chi connectivity index (χ0v) is 19.6. The van der Waals surface area contributed by atoms with Gasteiger partial charge < -0.3 is 24.8 Å². The molecule has 2 N–H and O–H groups in total. The minimum Gasteiger partial charge on any atom is -0.480 e. The molecule has 0 fully saturated rings. The summed E-state index contributed by atoms with van der Waals surface area (Å²) in [6, 6.07) is 14.6. The van der Waals surface area contributed by atoms with Crippen molar-refractivity contribution in [3.05, 3.63) is 72.3 Å². The number of carbonyl (C=O) groups excluding carboxylic acids is 2. The van der Waals surface area contributed by atoms with Gasteiger partial charge in [0.2, 0.25) is 0 Å². The van der Waals surface area contributed by atoms with Crippen molar-refractivity contribution in [2.75, 3.05) is 19.7 Å². The predicted octanol–water partition coefficient (Wildman–Crippen LogP) is 4.40. The molecule has 180 valence electrons. The van der Waals surface area contributed by atoms with Gasteiger partial charge in [-0.1, -0.05) is 54.6 Å². The number of hydrogen-bond donors (Lipinski definition) is 2. The largest absolute Gasteiger partial charge is 0.480 e. The van der Waals surface area contributed by atoms with Crippen LogP contribution in [-0.2, 0) is 14.3 Å². The van der Waals surface area contributed by atoms with Crippen molar-refractivity contribution >= 4 is 18.2 Å². The molecular weight excluding hydrogens is 436 g/mol. The first kappa shape index (κ1) is 24.8. The minimum absolute atomic E-state index is 0.0520. The van der Waals surface area contributed by atoms with E-state index in [1.165, 1.54) is 11.0 Å². The number of carboxylic acids is 1. The third kappa shape index (κ3) is 5.95. The normalized spacial score (nSPS) is 13.3. The molecule has 1 atom stereocenters. The summed E-state index contributed by atoms with van der Waals surface area (Å²) < 4.78 is 10.8. The maximum atomic E-state index is 12.9. The first-order valence-electron chi connectivity index (χ1n) is 11.0. The Bertz CT molecular complexity index is 1030. The van der Waals surface area contributed by atoms with Crippen LogP contribution in [0, 0.1) is 0 Å². The molecule has 0 radical (unpaired) electrons. The van der Waals surface area contributed by atoms with Crippen molar-refractivity contribution in [1.29, 1.82) is 0 Å². The van der Waals surface area contributed by atoms with Crippen LogP contribution in [0.2, 0.25) is 0 Å². The lowest BCUT2D eigenvalue weighted by Crippen LogP contribution is -2.51. The van der Waals surface area contributed by atoms with E-state index in [9.17, 15) is 19.5 Å². The lowest BCUT2D eigenvalue weighted by molar-refractivity contribution is -0.139. The fourth-order valence-electron chi connectivity index (χ4n) is 3.92. The number of amides is 2. The number of benzene rings is 2. The summed E-state index contributed by atoms with van der Waals surface area (Å²) in [5.74, 6) is -1.43. The Balaban J connectivity index is 1.69. The molecule has 0 aromatic heterocycles. The van der Waals surface area contributed by atoms with Crippen LogP contribution in [-0.4, -0.2) is 59.5 Å². The summed E-state index contributed by atoms with van der Waals surface area (Å²) in [5.41, 5.74) is 3.56. The fraction of sp³-hybridized carbons (Fsp3) is 0.346. The van der Waals surface area contributed by atoms with Crippen molar-refractivity contribution in [3.8, 4) is 11.1 Å². The third-order valence-corrected chi connectivity index (χ3v) is 5.34. The second kappa shape index (κ2) is 10.4. The molecule has 3 rings (SSSR count). The highest BCUT2D eigenvalue weighted by Gasteiger charge is 2.31. The van der Waals surface area contributed by atoms with E-state index in [1.54, 1.807) is 20.8 Å². The number of carbonyl (C=O) groups is 3. The van der Waals surface area contributed by atoms with Crippen LogP contribution < -0.4 is 5.32 Å². The monoisotopic (exact) mass is 466 g/mol. The van der Waals surface area contributed by atoms with Gasteiger partial charge >= 0.3 is 18.2 Å². The number of rotatable bonds is 8. The Morgan fingerprint density at radius 1 is 1.09 bits per heavy atom. The van der Waals surface area contributed by atoms with Gasteiger partial charge in [0.25, 0.3) is 0 Å². The van der Waals surface area contributed by atoms with Crippen LogP contribution in [0.1, 0.15) is 37.8 Å². The number of carboxylic acid groups (broad SMARTS) is 1. The number of fused-ring (bicyclic) bond motifs is 3. The van der Waals surface area contributed by atoms with E-state index in [4.69, 9.17) is 9.47 Å². The number of alkyl carbamates (subject to hydrolysis) is 1. The molecule has 0 unspecified atom stereocenters. The summed E-state index contributed by atoms with van der Waals surface area (Å²) in [6.45, 7) is 8.48. The van der Waals surface area contributed by atoms with Crippen molar-refractivity contribution in [1.82, 2.24) is 10.2 Å². The Labute approximate surface area is 199 Å². The van der Waals surface area contributed by atoms with Gasteiger partial charge in [0.05, 0.1) is 6.54 Å². The number of hydrogen-bond acceptors (Lipinski definition) is 5. The first-order chi connectivity index (χ1) is 16.1. The molecule has 8 heteroatoms. The van der Waals surface area contributed by atoms with E-state index in [0.717, 1.165) is 22.3 Å².